The van der Waals surface area contributed by atoms with Crippen LogP contribution in [0, 0.1) is 0 Å². The highest BCUT2D eigenvalue weighted by atomic mass is 35.5. The number of rotatable bonds is 6. The van der Waals surface area contributed by atoms with E-state index in [2.05, 4.69) is 15.3 Å². The quantitative estimate of drug-likeness (QED) is 0.503. The summed E-state index contributed by atoms with van der Waals surface area (Å²) < 4.78 is 10.7. The Hall–Kier alpha value is -3.06. The molecule has 0 atom stereocenters. The number of hydrogen-bond acceptors (Lipinski definition) is 5. The van der Waals surface area contributed by atoms with Crippen molar-refractivity contribution in [1.29, 1.82) is 0 Å². The van der Waals surface area contributed by atoms with Crippen LogP contribution < -0.4 is 10.1 Å². The van der Waals surface area contributed by atoms with Gasteiger partial charge in [0.15, 0.2) is 0 Å². The Labute approximate surface area is 193 Å². The van der Waals surface area contributed by atoms with E-state index in [1.165, 1.54) is 0 Å². The second kappa shape index (κ2) is 9.20. The maximum Gasteiger partial charge on any atom is 0.407 e. The van der Waals surface area contributed by atoms with E-state index >= 15 is 0 Å². The van der Waals surface area contributed by atoms with Crippen LogP contribution in [-0.4, -0.2) is 40.3 Å². The lowest BCUT2D eigenvalue weighted by molar-refractivity contribution is 0.0516. The number of nitrogens with one attached hydrogen (secondary N) is 2. The summed E-state index contributed by atoms with van der Waals surface area (Å²) in [5, 5.41) is 3.37. The molecule has 32 heavy (non-hydrogen) atoms. The van der Waals surface area contributed by atoms with Crippen LogP contribution in [0.2, 0.25) is 5.02 Å². The van der Waals surface area contributed by atoms with Gasteiger partial charge in [-0.3, -0.25) is 4.98 Å². The van der Waals surface area contributed by atoms with Crippen molar-refractivity contribution in [3.05, 3.63) is 53.6 Å². The van der Waals surface area contributed by atoms with E-state index < -0.39 is 17.1 Å². The number of hydrogen-bond donors (Lipinski definition) is 2. The fraction of sp³-hybridized carbons (Fsp3) is 0.375. The lowest BCUT2D eigenvalue weighted by Gasteiger charge is -2.25. The number of carbonyl (C=O) groups is 1. The Kier molecular flexibility index (Phi) is 6.79. The van der Waals surface area contributed by atoms with Gasteiger partial charge in [-0.15, -0.1) is 0 Å². The van der Waals surface area contributed by atoms with Crippen LogP contribution >= 0.6 is 11.6 Å². The van der Waals surface area contributed by atoms with Crippen LogP contribution in [0.1, 0.15) is 40.4 Å². The zero-order valence-electron chi connectivity index (χ0n) is 19.2. The summed E-state index contributed by atoms with van der Waals surface area (Å²) in [6.45, 7) is 9.85. The van der Waals surface area contributed by atoms with Crippen LogP contribution in [0.15, 0.2) is 42.7 Å². The van der Waals surface area contributed by atoms with E-state index in [9.17, 15) is 4.79 Å². The maximum atomic E-state index is 12.2. The zero-order valence-corrected chi connectivity index (χ0v) is 20.0. The zero-order chi connectivity index (χ0) is 23.5. The Balaban J connectivity index is 1.98. The molecule has 0 fully saturated rings. The van der Waals surface area contributed by atoms with Gasteiger partial charge in [0.1, 0.15) is 17.2 Å². The van der Waals surface area contributed by atoms with Crippen molar-refractivity contribution in [2.75, 3.05) is 13.7 Å². The number of nitrogens with zero attached hydrogens (tertiary/aromatic N) is 2. The molecule has 1 amide bonds. The molecule has 0 saturated carbocycles. The number of methoxy groups -OCH3 is 1. The molecule has 0 aliphatic rings. The highest BCUT2D eigenvalue weighted by Gasteiger charge is 2.29. The minimum Gasteiger partial charge on any atom is -0.495 e. The second-order valence-electron chi connectivity index (χ2n) is 9.13. The first kappa shape index (κ1) is 23.6. The number of alkyl carbamates (subject to hydrolysis) is 1. The largest absolute Gasteiger partial charge is 0.495 e. The number of aromatic amines is 1. The van der Waals surface area contributed by atoms with Crippen molar-refractivity contribution < 1.29 is 14.3 Å². The van der Waals surface area contributed by atoms with Crippen molar-refractivity contribution in [2.45, 2.75) is 45.6 Å². The minimum atomic E-state index is -0.561. The molecule has 0 spiro atoms. The molecule has 2 aromatic heterocycles. The number of pyridine rings is 1. The number of benzene rings is 1. The number of amides is 1. The lowest BCUT2D eigenvalue weighted by Crippen LogP contribution is -2.40. The summed E-state index contributed by atoms with van der Waals surface area (Å²) in [5.74, 6) is 1.30. The van der Waals surface area contributed by atoms with Crippen molar-refractivity contribution >= 4 is 17.7 Å². The Morgan fingerprint density at radius 1 is 1.09 bits per heavy atom. The first-order chi connectivity index (χ1) is 15.0. The molecule has 0 aliphatic heterocycles. The topological polar surface area (TPSA) is 89.1 Å². The lowest BCUT2D eigenvalue weighted by atomic mass is 9.92. The number of aromatic nitrogens is 3. The molecule has 0 bridgehead atoms. The standard InChI is InChI=1S/C24H29ClN4O3/c1-23(2,3)32-22(30)27-14-24(4,5)21-28-19(15-9-11-26-12-10-15)20(29-21)16-7-8-17(25)18(13-16)31-6/h7-13H,14H2,1-6H3,(H,27,30)(H,28,29). The minimum absolute atomic E-state index is 0.342. The first-order valence-corrected chi connectivity index (χ1v) is 10.7. The first-order valence-electron chi connectivity index (χ1n) is 10.3. The Morgan fingerprint density at radius 3 is 2.41 bits per heavy atom. The monoisotopic (exact) mass is 456 g/mol. The molecule has 2 N–H and O–H groups in total. The Bertz CT molecular complexity index is 1090. The second-order valence-corrected chi connectivity index (χ2v) is 9.54. The normalized spacial score (nSPS) is 11.8. The molecular weight excluding hydrogens is 428 g/mol. The molecule has 8 heteroatoms. The smallest absolute Gasteiger partial charge is 0.407 e. The predicted molar refractivity (Wildman–Crippen MR) is 126 cm³/mol. The number of ether oxygens (including phenoxy) is 2. The molecule has 2 heterocycles. The van der Waals surface area contributed by atoms with Gasteiger partial charge in [-0.25, -0.2) is 9.78 Å². The fourth-order valence-electron chi connectivity index (χ4n) is 3.13. The average Bonchev–Trinajstić information content (AvgIpc) is 3.19. The van der Waals surface area contributed by atoms with Crippen LogP contribution in [0.4, 0.5) is 4.79 Å². The van der Waals surface area contributed by atoms with E-state index in [-0.39, 0.29) is 0 Å². The molecule has 0 aliphatic carbocycles. The molecule has 0 unspecified atom stereocenters. The molecule has 1 aromatic carbocycles. The summed E-state index contributed by atoms with van der Waals surface area (Å²) in [7, 11) is 1.58. The average molecular weight is 457 g/mol. The molecule has 3 rings (SSSR count). The number of imidazole rings is 1. The summed E-state index contributed by atoms with van der Waals surface area (Å²) in [5.41, 5.74) is 2.35. The third-order valence-electron chi connectivity index (χ3n) is 4.81. The number of carbonyl (C=O) groups excluding carboxylic acids is 1. The highest BCUT2D eigenvalue weighted by Crippen LogP contribution is 2.36. The molecule has 0 radical (unpaired) electrons. The van der Waals surface area contributed by atoms with Crippen molar-refractivity contribution in [3.63, 3.8) is 0 Å². The highest BCUT2D eigenvalue weighted by molar-refractivity contribution is 6.32. The molecule has 7 nitrogen and oxygen atoms in total. The fourth-order valence-corrected chi connectivity index (χ4v) is 3.32. The van der Waals surface area contributed by atoms with Crippen LogP contribution in [0.25, 0.3) is 22.5 Å². The molecular formula is C24H29ClN4O3. The summed E-state index contributed by atoms with van der Waals surface area (Å²) in [6, 6.07) is 9.38. The van der Waals surface area contributed by atoms with E-state index in [0.29, 0.717) is 17.3 Å². The van der Waals surface area contributed by atoms with E-state index in [1.807, 2.05) is 58.9 Å². The van der Waals surface area contributed by atoms with Gasteiger partial charge in [0.05, 0.1) is 23.5 Å². The predicted octanol–water partition coefficient (Wildman–Crippen LogP) is 5.60. The summed E-state index contributed by atoms with van der Waals surface area (Å²) in [6.07, 6.45) is 3.00. The van der Waals surface area contributed by atoms with Gasteiger partial charge >= 0.3 is 6.09 Å². The van der Waals surface area contributed by atoms with Crippen molar-refractivity contribution in [1.82, 2.24) is 20.3 Å². The molecule has 170 valence electrons. The third kappa shape index (κ3) is 5.59. The molecule has 3 aromatic rings. The van der Waals surface area contributed by atoms with Gasteiger partial charge in [0.25, 0.3) is 0 Å². The van der Waals surface area contributed by atoms with E-state index in [4.69, 9.17) is 26.1 Å². The van der Waals surface area contributed by atoms with E-state index in [0.717, 1.165) is 28.3 Å². The van der Waals surface area contributed by atoms with Crippen LogP contribution in [0.5, 0.6) is 5.75 Å². The molecule has 0 saturated heterocycles. The van der Waals surface area contributed by atoms with Gasteiger partial charge in [-0.05, 0) is 45.0 Å². The SMILES string of the molecule is COc1cc(-c2nc(C(C)(C)CNC(=O)OC(C)(C)C)[nH]c2-c2ccncc2)ccc1Cl. The third-order valence-corrected chi connectivity index (χ3v) is 5.12. The van der Waals surface area contributed by atoms with Gasteiger partial charge in [0.2, 0.25) is 0 Å². The number of H-pyrrole nitrogens is 1. The van der Waals surface area contributed by atoms with Crippen LogP contribution in [-0.2, 0) is 10.2 Å². The van der Waals surface area contributed by atoms with Crippen molar-refractivity contribution in [2.24, 2.45) is 0 Å². The summed E-state index contributed by atoms with van der Waals surface area (Å²) in [4.78, 5) is 24.6. The van der Waals surface area contributed by atoms with Gasteiger partial charge in [-0.2, -0.15) is 0 Å². The van der Waals surface area contributed by atoms with Gasteiger partial charge in [-0.1, -0.05) is 31.5 Å². The maximum absolute atomic E-state index is 12.2. The summed E-state index contributed by atoms with van der Waals surface area (Å²) >= 11 is 6.22. The van der Waals surface area contributed by atoms with Crippen LogP contribution in [0.3, 0.4) is 0 Å². The van der Waals surface area contributed by atoms with Gasteiger partial charge < -0.3 is 19.8 Å². The van der Waals surface area contributed by atoms with Crippen molar-refractivity contribution in [3.8, 4) is 28.3 Å². The Morgan fingerprint density at radius 2 is 1.78 bits per heavy atom. The van der Waals surface area contributed by atoms with Gasteiger partial charge in [0, 0.05) is 35.5 Å². The van der Waals surface area contributed by atoms with E-state index in [1.54, 1.807) is 25.6 Å². The number of halogens is 1.